The Balaban J connectivity index is 2.28. The van der Waals surface area contributed by atoms with E-state index in [2.05, 4.69) is 10.6 Å². The molecule has 0 radical (unpaired) electrons. The second kappa shape index (κ2) is 7.53. The number of nitrogens with two attached hydrogens (primary N) is 1. The summed E-state index contributed by atoms with van der Waals surface area (Å²) in [5, 5.41) is 6.02. The van der Waals surface area contributed by atoms with Gasteiger partial charge in [-0.1, -0.05) is 26.0 Å². The van der Waals surface area contributed by atoms with Crippen molar-refractivity contribution >= 4 is 11.8 Å². The molecule has 0 aliphatic heterocycles. The number of benzene rings is 1. The molecule has 5 heteroatoms. The summed E-state index contributed by atoms with van der Waals surface area (Å²) in [6.45, 7) is 5.63. The number of primary amides is 1. The molecule has 5 nitrogen and oxygen atoms in total. The van der Waals surface area contributed by atoms with Crippen LogP contribution in [0.3, 0.4) is 0 Å². The van der Waals surface area contributed by atoms with Crippen molar-refractivity contribution in [3.63, 3.8) is 0 Å². The first-order chi connectivity index (χ1) is 9.00. The molecular formula is C14H21N3O2. The lowest BCUT2D eigenvalue weighted by molar-refractivity contribution is -0.123. The van der Waals surface area contributed by atoms with Gasteiger partial charge in [0, 0.05) is 31.1 Å². The summed E-state index contributed by atoms with van der Waals surface area (Å²) in [7, 11) is 0. The van der Waals surface area contributed by atoms with E-state index in [1.807, 2.05) is 19.9 Å². The summed E-state index contributed by atoms with van der Waals surface area (Å²) < 4.78 is 0. The summed E-state index contributed by atoms with van der Waals surface area (Å²) in [6.07, 6.45) is 0. The van der Waals surface area contributed by atoms with Crippen LogP contribution in [0.15, 0.2) is 24.3 Å². The lowest BCUT2D eigenvalue weighted by Crippen LogP contribution is -2.34. The lowest BCUT2D eigenvalue weighted by atomic mass is 10.1. The van der Waals surface area contributed by atoms with E-state index in [9.17, 15) is 9.59 Å². The minimum atomic E-state index is -0.425. The molecule has 0 unspecified atom stereocenters. The maximum Gasteiger partial charge on any atom is 0.248 e. The minimum absolute atomic E-state index is 0.00671. The van der Waals surface area contributed by atoms with E-state index >= 15 is 0 Å². The number of amides is 2. The Morgan fingerprint density at radius 1 is 1.26 bits per heavy atom. The van der Waals surface area contributed by atoms with Gasteiger partial charge in [0.1, 0.15) is 0 Å². The molecule has 0 atom stereocenters. The fourth-order valence-electron chi connectivity index (χ4n) is 1.55. The summed E-state index contributed by atoms with van der Waals surface area (Å²) in [5.41, 5.74) is 6.71. The Hall–Kier alpha value is -1.88. The number of nitrogens with one attached hydrogen (secondary N) is 2. The quantitative estimate of drug-likeness (QED) is 0.631. The Morgan fingerprint density at radius 3 is 2.63 bits per heavy atom. The third-order valence-electron chi connectivity index (χ3n) is 2.67. The predicted octanol–water partition coefficient (Wildman–Crippen LogP) is 0.647. The molecule has 0 saturated carbocycles. The van der Waals surface area contributed by atoms with Crippen molar-refractivity contribution in [2.75, 3.05) is 13.1 Å². The largest absolute Gasteiger partial charge is 0.366 e. The highest BCUT2D eigenvalue weighted by molar-refractivity contribution is 5.92. The molecule has 104 valence electrons. The second-order valence-corrected chi connectivity index (χ2v) is 4.69. The van der Waals surface area contributed by atoms with Gasteiger partial charge in [-0.05, 0) is 17.7 Å². The Labute approximate surface area is 113 Å². The molecule has 0 saturated heterocycles. The molecule has 1 rings (SSSR count). The van der Waals surface area contributed by atoms with Gasteiger partial charge >= 0.3 is 0 Å². The normalized spacial score (nSPS) is 10.5. The maximum absolute atomic E-state index is 11.3. The van der Waals surface area contributed by atoms with Crippen molar-refractivity contribution in [1.29, 1.82) is 0 Å². The highest BCUT2D eigenvalue weighted by atomic mass is 16.2. The zero-order chi connectivity index (χ0) is 14.3. The van der Waals surface area contributed by atoms with Crippen molar-refractivity contribution in [2.24, 2.45) is 11.7 Å². The standard InChI is InChI=1S/C14H21N3O2/c1-10(2)14(19)17-7-6-16-9-11-4-3-5-12(8-11)13(15)18/h3-5,8,10,16H,6-7,9H2,1-2H3,(H2,15,18)(H,17,19). The molecule has 0 heterocycles. The van der Waals surface area contributed by atoms with Crippen LogP contribution in [0.2, 0.25) is 0 Å². The van der Waals surface area contributed by atoms with Crippen molar-refractivity contribution in [3.8, 4) is 0 Å². The van der Waals surface area contributed by atoms with Crippen LogP contribution in [-0.4, -0.2) is 24.9 Å². The van der Waals surface area contributed by atoms with Crippen LogP contribution in [-0.2, 0) is 11.3 Å². The molecule has 0 spiro atoms. The third kappa shape index (κ3) is 5.52. The van der Waals surface area contributed by atoms with Crippen molar-refractivity contribution in [1.82, 2.24) is 10.6 Å². The van der Waals surface area contributed by atoms with Gasteiger partial charge in [-0.15, -0.1) is 0 Å². The smallest absolute Gasteiger partial charge is 0.248 e. The first-order valence-electron chi connectivity index (χ1n) is 6.38. The van der Waals surface area contributed by atoms with Gasteiger partial charge < -0.3 is 16.4 Å². The molecule has 0 bridgehead atoms. The van der Waals surface area contributed by atoms with E-state index in [0.29, 0.717) is 25.2 Å². The van der Waals surface area contributed by atoms with Crippen LogP contribution < -0.4 is 16.4 Å². The maximum atomic E-state index is 11.3. The van der Waals surface area contributed by atoms with Gasteiger partial charge in [0.25, 0.3) is 0 Å². The summed E-state index contributed by atoms with van der Waals surface area (Å²) >= 11 is 0. The Bertz CT molecular complexity index is 444. The SMILES string of the molecule is CC(C)C(=O)NCCNCc1cccc(C(N)=O)c1. The van der Waals surface area contributed by atoms with Crippen molar-refractivity contribution in [3.05, 3.63) is 35.4 Å². The molecule has 4 N–H and O–H groups in total. The summed E-state index contributed by atoms with van der Waals surface area (Å²) in [5.74, 6) is -0.365. The molecule has 0 fully saturated rings. The Morgan fingerprint density at radius 2 is 2.00 bits per heavy atom. The van der Waals surface area contributed by atoms with E-state index in [1.165, 1.54) is 0 Å². The number of carbonyl (C=O) groups is 2. The lowest BCUT2D eigenvalue weighted by Gasteiger charge is -2.09. The van der Waals surface area contributed by atoms with Gasteiger partial charge in [-0.2, -0.15) is 0 Å². The van der Waals surface area contributed by atoms with Crippen LogP contribution in [0.4, 0.5) is 0 Å². The Kier molecular flexibility index (Phi) is 6.02. The van der Waals surface area contributed by atoms with Crippen LogP contribution in [0.1, 0.15) is 29.8 Å². The highest BCUT2D eigenvalue weighted by Crippen LogP contribution is 2.04. The van der Waals surface area contributed by atoms with Gasteiger partial charge in [-0.3, -0.25) is 9.59 Å². The van der Waals surface area contributed by atoms with E-state index in [4.69, 9.17) is 5.73 Å². The molecule has 19 heavy (non-hydrogen) atoms. The number of hydrogen-bond donors (Lipinski definition) is 3. The second-order valence-electron chi connectivity index (χ2n) is 4.69. The molecule has 0 aromatic heterocycles. The van der Waals surface area contributed by atoms with E-state index in [-0.39, 0.29) is 11.8 Å². The zero-order valence-electron chi connectivity index (χ0n) is 11.4. The van der Waals surface area contributed by atoms with Crippen molar-refractivity contribution in [2.45, 2.75) is 20.4 Å². The third-order valence-corrected chi connectivity index (χ3v) is 2.67. The first kappa shape index (κ1) is 15.2. The fourth-order valence-corrected chi connectivity index (χ4v) is 1.55. The molecule has 0 aliphatic carbocycles. The summed E-state index contributed by atoms with van der Waals surface area (Å²) in [4.78, 5) is 22.3. The van der Waals surface area contributed by atoms with Crippen LogP contribution in [0.5, 0.6) is 0 Å². The first-order valence-corrected chi connectivity index (χ1v) is 6.38. The van der Waals surface area contributed by atoms with E-state index in [0.717, 1.165) is 5.56 Å². The monoisotopic (exact) mass is 263 g/mol. The van der Waals surface area contributed by atoms with E-state index < -0.39 is 5.91 Å². The fraction of sp³-hybridized carbons (Fsp3) is 0.429. The molecule has 0 aliphatic rings. The average Bonchev–Trinajstić information content (AvgIpc) is 2.38. The summed E-state index contributed by atoms with van der Waals surface area (Å²) in [6, 6.07) is 7.18. The zero-order valence-corrected chi connectivity index (χ0v) is 11.4. The van der Waals surface area contributed by atoms with Crippen LogP contribution >= 0.6 is 0 Å². The molecular weight excluding hydrogens is 242 g/mol. The highest BCUT2D eigenvalue weighted by Gasteiger charge is 2.04. The van der Waals surface area contributed by atoms with Gasteiger partial charge in [0.2, 0.25) is 11.8 Å². The van der Waals surface area contributed by atoms with Gasteiger partial charge in [0.15, 0.2) is 0 Å². The minimum Gasteiger partial charge on any atom is -0.366 e. The predicted molar refractivity (Wildman–Crippen MR) is 74.5 cm³/mol. The van der Waals surface area contributed by atoms with E-state index in [1.54, 1.807) is 18.2 Å². The number of carbonyl (C=O) groups excluding carboxylic acids is 2. The van der Waals surface area contributed by atoms with Crippen molar-refractivity contribution < 1.29 is 9.59 Å². The van der Waals surface area contributed by atoms with Gasteiger partial charge in [-0.25, -0.2) is 0 Å². The topological polar surface area (TPSA) is 84.2 Å². The molecule has 1 aromatic rings. The number of rotatable bonds is 7. The molecule has 2 amide bonds. The molecule has 1 aromatic carbocycles. The average molecular weight is 263 g/mol. The van der Waals surface area contributed by atoms with Crippen LogP contribution in [0.25, 0.3) is 0 Å². The van der Waals surface area contributed by atoms with Crippen LogP contribution in [0, 0.1) is 5.92 Å². The number of hydrogen-bond acceptors (Lipinski definition) is 3. The van der Waals surface area contributed by atoms with Gasteiger partial charge in [0.05, 0.1) is 0 Å².